The second kappa shape index (κ2) is 18.0. The van der Waals surface area contributed by atoms with Crippen molar-refractivity contribution in [3.8, 4) is 0 Å². The van der Waals surface area contributed by atoms with E-state index in [0.29, 0.717) is 13.0 Å². The number of aliphatic hydroxyl groups is 12. The molecule has 0 saturated carbocycles. The lowest BCUT2D eigenvalue weighted by Gasteiger charge is -2.26. The van der Waals surface area contributed by atoms with Gasteiger partial charge in [0.2, 0.25) is 0 Å². The van der Waals surface area contributed by atoms with Crippen LogP contribution < -0.4 is 0 Å². The molecule has 12 N–H and O–H groups in total. The molecule has 0 aromatic rings. The average Bonchev–Trinajstić information content (AvgIpc) is 2.92. The number of aliphatic hydroxyl groups excluding tert-OH is 12. The summed E-state index contributed by atoms with van der Waals surface area (Å²) < 4.78 is 5.08. The van der Waals surface area contributed by atoms with Crippen LogP contribution in [0.5, 0.6) is 0 Å². The van der Waals surface area contributed by atoms with E-state index in [0.717, 1.165) is 0 Å². The molecule has 0 bridgehead atoms. The third kappa shape index (κ3) is 13.6. The van der Waals surface area contributed by atoms with Gasteiger partial charge in [-0.05, 0) is 20.3 Å². The maximum atomic E-state index is 9.52. The van der Waals surface area contributed by atoms with Crippen molar-refractivity contribution in [2.24, 2.45) is 5.92 Å². The Labute approximate surface area is 181 Å². The molecule has 13 nitrogen and oxygen atoms in total. The fraction of sp³-hybridized carbons (Fsp3) is 1.00. The maximum absolute atomic E-state index is 9.52. The lowest BCUT2D eigenvalue weighted by atomic mass is 9.93. The van der Waals surface area contributed by atoms with E-state index in [4.69, 9.17) is 50.7 Å². The van der Waals surface area contributed by atoms with Gasteiger partial charge < -0.3 is 66.0 Å². The normalized spacial score (nSPS) is 28.3. The van der Waals surface area contributed by atoms with Gasteiger partial charge in [0.05, 0.1) is 56.9 Å². The third-order valence-electron chi connectivity index (χ3n) is 4.55. The van der Waals surface area contributed by atoms with E-state index in [1.165, 1.54) is 13.8 Å². The van der Waals surface area contributed by atoms with Gasteiger partial charge in [-0.3, -0.25) is 0 Å². The van der Waals surface area contributed by atoms with Crippen LogP contribution in [0.2, 0.25) is 0 Å². The summed E-state index contributed by atoms with van der Waals surface area (Å²) in [5.74, 6) is -0.609. The van der Waals surface area contributed by atoms with E-state index in [-0.39, 0.29) is 13.2 Å². The van der Waals surface area contributed by atoms with Crippen molar-refractivity contribution in [3.05, 3.63) is 0 Å². The molecule has 1 fully saturated rings. The molecule has 0 aliphatic carbocycles. The molecule has 1 aliphatic heterocycles. The van der Waals surface area contributed by atoms with E-state index in [1.807, 2.05) is 0 Å². The molecule has 13 heteroatoms. The summed E-state index contributed by atoms with van der Waals surface area (Å²) in [4.78, 5) is 0. The van der Waals surface area contributed by atoms with Crippen LogP contribution in [0.4, 0.5) is 0 Å². The van der Waals surface area contributed by atoms with Crippen LogP contribution in [0.1, 0.15) is 20.3 Å². The first-order valence-electron chi connectivity index (χ1n) is 9.88. The number of hydrogen-bond acceptors (Lipinski definition) is 13. The summed E-state index contributed by atoms with van der Waals surface area (Å²) in [5, 5.41) is 105. The van der Waals surface area contributed by atoms with Crippen molar-refractivity contribution < 1.29 is 66.0 Å². The first-order valence-corrected chi connectivity index (χ1v) is 9.88. The van der Waals surface area contributed by atoms with Gasteiger partial charge in [0.25, 0.3) is 0 Å². The Morgan fingerprint density at radius 1 is 0.742 bits per heavy atom. The molecule has 0 spiro atoms. The molecular weight excluding hydrogens is 424 g/mol. The van der Waals surface area contributed by atoms with Crippen molar-refractivity contribution >= 4 is 0 Å². The molecule has 0 aromatic heterocycles. The van der Waals surface area contributed by atoms with Gasteiger partial charge in [-0.25, -0.2) is 0 Å². The van der Waals surface area contributed by atoms with Gasteiger partial charge in [-0.1, -0.05) is 0 Å². The first kappa shape index (κ1) is 32.7. The summed E-state index contributed by atoms with van der Waals surface area (Å²) in [6, 6.07) is 0. The Bertz CT molecular complexity index is 412. The van der Waals surface area contributed by atoms with E-state index in [2.05, 4.69) is 0 Å². The van der Waals surface area contributed by atoms with Crippen LogP contribution >= 0.6 is 0 Å². The average molecular weight is 465 g/mol. The maximum Gasteiger partial charge on any atom is 0.110 e. The van der Waals surface area contributed by atoms with Crippen LogP contribution in [0, 0.1) is 5.92 Å². The Kier molecular flexibility index (Phi) is 18.9. The Morgan fingerprint density at radius 2 is 1.26 bits per heavy atom. The van der Waals surface area contributed by atoms with Crippen LogP contribution in [-0.2, 0) is 4.74 Å². The molecule has 1 saturated heterocycles. The predicted octanol–water partition coefficient (Wildman–Crippen LogP) is -5.74. The van der Waals surface area contributed by atoms with E-state index >= 15 is 0 Å². The minimum absolute atomic E-state index is 0.167. The molecule has 0 amide bonds. The first-order chi connectivity index (χ1) is 14.3. The number of rotatable bonds is 8. The smallest absolute Gasteiger partial charge is 0.110 e. The van der Waals surface area contributed by atoms with Gasteiger partial charge in [0.15, 0.2) is 0 Å². The van der Waals surface area contributed by atoms with Crippen LogP contribution in [-0.4, -0.2) is 149 Å². The molecule has 31 heavy (non-hydrogen) atoms. The zero-order chi connectivity index (χ0) is 24.7. The van der Waals surface area contributed by atoms with Gasteiger partial charge in [-0.2, -0.15) is 0 Å². The lowest BCUT2D eigenvalue weighted by molar-refractivity contribution is -0.110. The molecule has 1 rings (SSSR count). The molecule has 0 radical (unpaired) electrons. The second-order valence-electron chi connectivity index (χ2n) is 7.30. The highest BCUT2D eigenvalue weighted by atomic mass is 16.5. The second-order valence-corrected chi connectivity index (χ2v) is 7.30. The van der Waals surface area contributed by atoms with Gasteiger partial charge in [0, 0.05) is 12.5 Å². The van der Waals surface area contributed by atoms with Gasteiger partial charge in [0.1, 0.15) is 24.4 Å². The van der Waals surface area contributed by atoms with Gasteiger partial charge in [-0.15, -0.1) is 0 Å². The van der Waals surface area contributed by atoms with Crippen LogP contribution in [0.25, 0.3) is 0 Å². The summed E-state index contributed by atoms with van der Waals surface area (Å²) in [5.41, 5.74) is 0. The Morgan fingerprint density at radius 3 is 1.61 bits per heavy atom. The quantitative estimate of drug-likeness (QED) is 0.160. The highest BCUT2D eigenvalue weighted by Gasteiger charge is 2.33. The molecule has 1 heterocycles. The third-order valence-corrected chi connectivity index (χ3v) is 4.55. The molecular formula is C18H40O13. The van der Waals surface area contributed by atoms with Crippen molar-refractivity contribution in [1.82, 2.24) is 0 Å². The molecule has 10 atom stereocenters. The summed E-state index contributed by atoms with van der Waals surface area (Å²) >= 11 is 0. The van der Waals surface area contributed by atoms with E-state index < -0.39 is 74.1 Å². The zero-order valence-corrected chi connectivity index (χ0v) is 17.8. The highest BCUT2D eigenvalue weighted by Crippen LogP contribution is 2.19. The molecule has 190 valence electrons. The fourth-order valence-electron chi connectivity index (χ4n) is 2.23. The summed E-state index contributed by atoms with van der Waals surface area (Å²) in [6.07, 6.45) is -9.90. The molecule has 0 aromatic carbocycles. The SMILES string of the molecule is CC(O)C(O)C(O)C(O)CO.CC(O)C(O)CO.OCC(O)C1COCCC(O)C1O. The van der Waals surface area contributed by atoms with Crippen molar-refractivity contribution in [2.45, 2.75) is 75.2 Å². The van der Waals surface area contributed by atoms with Crippen LogP contribution in [0.15, 0.2) is 0 Å². The molecule has 1 aliphatic rings. The van der Waals surface area contributed by atoms with Crippen molar-refractivity contribution in [2.75, 3.05) is 33.0 Å². The van der Waals surface area contributed by atoms with Crippen molar-refractivity contribution in [3.63, 3.8) is 0 Å². The minimum atomic E-state index is -1.51. The fourth-order valence-corrected chi connectivity index (χ4v) is 2.23. The summed E-state index contributed by atoms with van der Waals surface area (Å²) in [7, 11) is 0. The molecule has 10 unspecified atom stereocenters. The zero-order valence-electron chi connectivity index (χ0n) is 17.8. The van der Waals surface area contributed by atoms with E-state index in [9.17, 15) is 15.3 Å². The number of ether oxygens (including phenoxy) is 1. The standard InChI is InChI=1S/C8H16O5.C6H14O5.C4H10O3/c9-3-7(11)5-4-13-2-1-6(10)8(5)12;1-3(8)5(10)6(11)4(9)2-7;1-3(6)4(7)2-5/h5-12H,1-4H2;3-11H,2H2,1H3;3-7H,2H2,1H3. The summed E-state index contributed by atoms with van der Waals surface area (Å²) in [6.45, 7) is 1.77. The number of hydrogen-bond donors (Lipinski definition) is 12. The topological polar surface area (TPSA) is 252 Å². The van der Waals surface area contributed by atoms with Crippen LogP contribution in [0.3, 0.4) is 0 Å². The minimum Gasteiger partial charge on any atom is -0.394 e. The van der Waals surface area contributed by atoms with Crippen molar-refractivity contribution in [1.29, 1.82) is 0 Å². The predicted molar refractivity (Wildman–Crippen MR) is 106 cm³/mol. The van der Waals surface area contributed by atoms with E-state index in [1.54, 1.807) is 0 Å². The van der Waals surface area contributed by atoms with Gasteiger partial charge >= 0.3 is 0 Å². The highest BCUT2D eigenvalue weighted by molar-refractivity contribution is 4.83. The lowest BCUT2D eigenvalue weighted by Crippen LogP contribution is -2.44. The monoisotopic (exact) mass is 464 g/mol. The Balaban J connectivity index is 0. The largest absolute Gasteiger partial charge is 0.394 e. The Hall–Kier alpha value is -0.520.